The molecule has 0 atom stereocenters. The molecule has 8 nitrogen and oxygen atoms in total. The zero-order valence-corrected chi connectivity index (χ0v) is 19.6. The Bertz CT molecular complexity index is 1070. The number of thiazole rings is 1. The number of aromatic nitrogens is 2. The molecular formula is C21H24BrN5O3S. The van der Waals surface area contributed by atoms with Crippen molar-refractivity contribution in [2.45, 2.75) is 26.3 Å². The summed E-state index contributed by atoms with van der Waals surface area (Å²) in [5, 5.41) is 1.77. The highest BCUT2D eigenvalue weighted by Gasteiger charge is 2.24. The van der Waals surface area contributed by atoms with E-state index in [-0.39, 0.29) is 11.8 Å². The van der Waals surface area contributed by atoms with E-state index in [1.54, 1.807) is 5.38 Å². The molecule has 1 aromatic carbocycles. The number of halogens is 1. The number of carbonyl (C=O) groups excluding carboxylic acids is 2. The van der Waals surface area contributed by atoms with Gasteiger partial charge in [-0.25, -0.2) is 4.98 Å². The van der Waals surface area contributed by atoms with E-state index in [9.17, 15) is 9.59 Å². The van der Waals surface area contributed by atoms with Crippen LogP contribution in [-0.2, 0) is 16.1 Å². The minimum Gasteiger partial charge on any atom is -0.379 e. The van der Waals surface area contributed by atoms with Gasteiger partial charge in [0, 0.05) is 41.5 Å². The topological polar surface area (TPSA) is 88.0 Å². The number of amides is 2. The van der Waals surface area contributed by atoms with Crippen molar-refractivity contribution in [1.82, 2.24) is 25.1 Å². The highest BCUT2D eigenvalue weighted by Crippen LogP contribution is 2.31. The first-order valence-corrected chi connectivity index (χ1v) is 11.9. The normalized spacial score (nSPS) is 14.6. The molecule has 3 aromatic rings. The van der Waals surface area contributed by atoms with Crippen molar-refractivity contribution in [2.24, 2.45) is 0 Å². The van der Waals surface area contributed by atoms with Crippen molar-refractivity contribution in [3.05, 3.63) is 45.5 Å². The largest absolute Gasteiger partial charge is 0.379 e. The highest BCUT2D eigenvalue weighted by atomic mass is 79.9. The molecule has 1 aliphatic rings. The fourth-order valence-corrected chi connectivity index (χ4v) is 4.68. The molecule has 164 valence electrons. The lowest BCUT2D eigenvalue weighted by Crippen LogP contribution is -2.41. The molecule has 0 saturated carbocycles. The molecule has 3 heterocycles. The second-order valence-electron chi connectivity index (χ2n) is 7.29. The van der Waals surface area contributed by atoms with Crippen LogP contribution in [0.5, 0.6) is 0 Å². The minimum absolute atomic E-state index is 0.214. The van der Waals surface area contributed by atoms with Crippen molar-refractivity contribution in [3.8, 4) is 11.3 Å². The maximum atomic E-state index is 12.9. The van der Waals surface area contributed by atoms with Gasteiger partial charge in [0.1, 0.15) is 5.69 Å². The molecule has 10 heteroatoms. The van der Waals surface area contributed by atoms with Crippen molar-refractivity contribution in [3.63, 3.8) is 0 Å². The summed E-state index contributed by atoms with van der Waals surface area (Å²) in [6, 6.07) is 7.98. The van der Waals surface area contributed by atoms with Crippen LogP contribution in [-0.4, -0.2) is 52.4 Å². The Labute approximate surface area is 192 Å². The van der Waals surface area contributed by atoms with Crippen molar-refractivity contribution in [2.75, 3.05) is 26.3 Å². The third-order valence-electron chi connectivity index (χ3n) is 5.06. The molecule has 1 aliphatic heterocycles. The Kier molecular flexibility index (Phi) is 7.01. The van der Waals surface area contributed by atoms with Gasteiger partial charge >= 0.3 is 0 Å². The van der Waals surface area contributed by atoms with Gasteiger partial charge in [0.05, 0.1) is 24.6 Å². The first kappa shape index (κ1) is 21.9. The molecule has 1 fully saturated rings. The van der Waals surface area contributed by atoms with Crippen LogP contribution in [0.15, 0.2) is 34.1 Å². The van der Waals surface area contributed by atoms with E-state index in [1.807, 2.05) is 35.6 Å². The number of hydrogen-bond acceptors (Lipinski definition) is 6. The number of imidazole rings is 1. The summed E-state index contributed by atoms with van der Waals surface area (Å²) < 4.78 is 8.33. The fraction of sp³-hybridized carbons (Fsp3) is 0.381. The van der Waals surface area contributed by atoms with Gasteiger partial charge in [0.25, 0.3) is 5.91 Å². The molecule has 2 aromatic heterocycles. The summed E-state index contributed by atoms with van der Waals surface area (Å²) in [7, 11) is 0. The van der Waals surface area contributed by atoms with Gasteiger partial charge in [0.2, 0.25) is 5.91 Å². The Morgan fingerprint density at radius 3 is 2.65 bits per heavy atom. The molecule has 1 saturated heterocycles. The number of nitrogens with one attached hydrogen (secondary N) is 2. The van der Waals surface area contributed by atoms with Gasteiger partial charge in [-0.15, -0.1) is 11.3 Å². The summed E-state index contributed by atoms with van der Waals surface area (Å²) in [5.74, 6) is -0.585. The Balaban J connectivity index is 1.70. The Hall–Kier alpha value is -2.27. The lowest BCUT2D eigenvalue weighted by atomic mass is 10.1. The number of carbonyl (C=O) groups is 2. The number of nitrogens with zero attached hydrogens (tertiary/aromatic N) is 3. The van der Waals surface area contributed by atoms with Crippen LogP contribution in [0.4, 0.5) is 0 Å². The zero-order valence-electron chi connectivity index (χ0n) is 17.2. The predicted octanol–water partition coefficient (Wildman–Crippen LogP) is 3.22. The second-order valence-corrected chi connectivity index (χ2v) is 9.05. The zero-order chi connectivity index (χ0) is 21.8. The van der Waals surface area contributed by atoms with Crippen molar-refractivity contribution >= 4 is 44.0 Å². The molecule has 4 rings (SSSR count). The number of morpholine rings is 1. The maximum absolute atomic E-state index is 12.9. The molecule has 2 N–H and O–H groups in total. The number of rotatable bonds is 6. The third kappa shape index (κ3) is 4.98. The number of hydrazine groups is 1. The summed E-state index contributed by atoms with van der Waals surface area (Å²) in [6.07, 6.45) is 1.07. The average Bonchev–Trinajstić information content (AvgIpc) is 3.33. The predicted molar refractivity (Wildman–Crippen MR) is 123 cm³/mol. The van der Waals surface area contributed by atoms with Crippen LogP contribution in [0.25, 0.3) is 16.2 Å². The van der Waals surface area contributed by atoms with Gasteiger partial charge in [-0.2, -0.15) is 0 Å². The van der Waals surface area contributed by atoms with Gasteiger partial charge < -0.3 is 4.74 Å². The standard InChI is InChI=1S/C21H24BrN5O3S/c1-2-3-18(28)24-25-20(29)17-13-31-21-23-16(12-26-8-10-30-11-9-26)19(27(17)21)14-4-6-15(22)7-5-14/h4-7,13H,2-3,8-12H2,1H3,(H,24,28)(H,25,29). The number of fused-ring (bicyclic) bond motifs is 1. The van der Waals surface area contributed by atoms with Gasteiger partial charge in [0.15, 0.2) is 4.96 Å². The fourth-order valence-electron chi connectivity index (χ4n) is 3.53. The molecule has 0 unspecified atom stereocenters. The van der Waals surface area contributed by atoms with Crippen LogP contribution in [0, 0.1) is 0 Å². The first-order chi connectivity index (χ1) is 15.1. The summed E-state index contributed by atoms with van der Waals surface area (Å²) in [6.45, 7) is 5.71. The lowest BCUT2D eigenvalue weighted by molar-refractivity contribution is -0.121. The van der Waals surface area contributed by atoms with E-state index in [0.717, 1.165) is 39.5 Å². The third-order valence-corrected chi connectivity index (χ3v) is 6.41. The maximum Gasteiger partial charge on any atom is 0.287 e. The van der Waals surface area contributed by atoms with E-state index >= 15 is 0 Å². The molecule has 0 spiro atoms. The van der Waals surface area contributed by atoms with Gasteiger partial charge in [-0.3, -0.25) is 29.7 Å². The molecule has 31 heavy (non-hydrogen) atoms. The molecule has 0 aliphatic carbocycles. The quantitative estimate of drug-likeness (QED) is 0.502. The Morgan fingerprint density at radius 1 is 1.19 bits per heavy atom. The summed E-state index contributed by atoms with van der Waals surface area (Å²) in [4.78, 5) is 32.5. The van der Waals surface area contributed by atoms with Gasteiger partial charge in [-0.1, -0.05) is 35.0 Å². The molecular weight excluding hydrogens is 482 g/mol. The SMILES string of the molecule is CCCC(=O)NNC(=O)c1csc2nc(CN3CCOCC3)c(-c3ccc(Br)cc3)n12. The van der Waals surface area contributed by atoms with Crippen LogP contribution in [0.1, 0.15) is 35.9 Å². The second kappa shape index (κ2) is 9.90. The number of ether oxygens (including phenoxy) is 1. The molecule has 0 bridgehead atoms. The molecule has 0 radical (unpaired) electrons. The molecule has 2 amide bonds. The monoisotopic (exact) mass is 505 g/mol. The number of benzene rings is 1. The van der Waals surface area contributed by atoms with E-state index in [4.69, 9.17) is 9.72 Å². The van der Waals surface area contributed by atoms with E-state index < -0.39 is 0 Å². The lowest BCUT2D eigenvalue weighted by Gasteiger charge is -2.26. The van der Waals surface area contributed by atoms with Gasteiger partial charge in [-0.05, 0) is 18.6 Å². The van der Waals surface area contributed by atoms with Crippen molar-refractivity contribution in [1.29, 1.82) is 0 Å². The van der Waals surface area contributed by atoms with Crippen molar-refractivity contribution < 1.29 is 14.3 Å². The average molecular weight is 506 g/mol. The summed E-state index contributed by atoms with van der Waals surface area (Å²) in [5.41, 5.74) is 8.22. The van der Waals surface area contributed by atoms with Crippen LogP contribution in [0.3, 0.4) is 0 Å². The van der Waals surface area contributed by atoms with Crippen LogP contribution >= 0.6 is 27.3 Å². The van der Waals surface area contributed by atoms with Crippen LogP contribution < -0.4 is 10.9 Å². The minimum atomic E-state index is -0.371. The van der Waals surface area contributed by atoms with Crippen LogP contribution in [0.2, 0.25) is 0 Å². The summed E-state index contributed by atoms with van der Waals surface area (Å²) >= 11 is 4.89. The first-order valence-electron chi connectivity index (χ1n) is 10.2. The number of hydrogen-bond donors (Lipinski definition) is 2. The smallest absolute Gasteiger partial charge is 0.287 e. The van der Waals surface area contributed by atoms with E-state index in [2.05, 4.69) is 31.7 Å². The Morgan fingerprint density at radius 2 is 1.94 bits per heavy atom. The van der Waals surface area contributed by atoms with E-state index in [0.29, 0.717) is 38.3 Å². The highest BCUT2D eigenvalue weighted by molar-refractivity contribution is 9.10. The van der Waals surface area contributed by atoms with E-state index in [1.165, 1.54) is 11.3 Å².